The summed E-state index contributed by atoms with van der Waals surface area (Å²) in [6.45, 7) is 9.03. The first-order valence-corrected chi connectivity index (χ1v) is 17.9. The summed E-state index contributed by atoms with van der Waals surface area (Å²) in [6, 6.07) is 23.6. The van der Waals surface area contributed by atoms with Gasteiger partial charge in [0.05, 0.1) is 6.61 Å². The highest BCUT2D eigenvalue weighted by atomic mass is 32.1. The Hall–Kier alpha value is -4.96. The van der Waals surface area contributed by atoms with Gasteiger partial charge in [0.25, 0.3) is 0 Å². The lowest BCUT2D eigenvalue weighted by Crippen LogP contribution is -2.57. The van der Waals surface area contributed by atoms with Crippen molar-refractivity contribution in [1.82, 2.24) is 15.5 Å². The van der Waals surface area contributed by atoms with Gasteiger partial charge in [0, 0.05) is 30.0 Å². The van der Waals surface area contributed by atoms with Crippen LogP contribution in [0.25, 0.3) is 21.6 Å². The van der Waals surface area contributed by atoms with Crippen LogP contribution in [-0.2, 0) is 20.9 Å². The molecule has 1 saturated heterocycles. The second-order valence-electron chi connectivity index (χ2n) is 13.8. The molecule has 3 aromatic carbocycles. The molecule has 10 heteroatoms. The number of aryl methyl sites for hydroxylation is 1. The summed E-state index contributed by atoms with van der Waals surface area (Å²) in [5.74, 6) is -0.445. The average molecular weight is 695 g/mol. The number of nitrogens with zero attached hydrogens (tertiary/aromatic N) is 1. The highest BCUT2D eigenvalue weighted by Crippen LogP contribution is 2.30. The molecule has 2 atom stereocenters. The maximum Gasteiger partial charge on any atom is 0.248 e. The normalized spacial score (nSPS) is 15.0. The standard InChI is InChI=1S/C40H46N4O5S/c1-26-21-24-50-35(26)30-11-9-27(10-12-30)25-42-38(47)33-7-5-22-44(33)39(48)36(40(2,3)4)43-34(45)8-6-23-49-32-19-17-29(18-20-32)28-13-15-31(16-14-28)37(41)46/h9-21,24,33,36H,5-8,22-23,25H2,1-4H3,(H2,41,46)(H,42,47)(H,43,45)/t33-,36+/m0/s1. The van der Waals surface area contributed by atoms with Crippen molar-refractivity contribution >= 4 is 35.0 Å². The predicted octanol–water partition coefficient (Wildman–Crippen LogP) is 6.49. The molecule has 50 heavy (non-hydrogen) atoms. The first-order valence-electron chi connectivity index (χ1n) is 17.0. The third kappa shape index (κ3) is 9.18. The van der Waals surface area contributed by atoms with E-state index in [1.807, 2.05) is 69.3 Å². The van der Waals surface area contributed by atoms with Crippen LogP contribution in [0.4, 0.5) is 0 Å². The SMILES string of the molecule is Cc1ccsc1-c1ccc(CNC(=O)[C@@H]2CCCN2C(=O)[C@@H](NC(=O)CCCOc2ccc(-c3ccc(C(N)=O)cc3)cc2)C(C)(C)C)cc1. The summed E-state index contributed by atoms with van der Waals surface area (Å²) in [7, 11) is 0. The van der Waals surface area contributed by atoms with Gasteiger partial charge in [-0.15, -0.1) is 11.3 Å². The number of carbonyl (C=O) groups excluding carboxylic acids is 4. The quantitative estimate of drug-likeness (QED) is 0.138. The second kappa shape index (κ2) is 16.2. The summed E-state index contributed by atoms with van der Waals surface area (Å²) in [5, 5.41) is 8.07. The number of amides is 4. The first kappa shape index (κ1) is 36.3. The van der Waals surface area contributed by atoms with E-state index in [1.165, 1.54) is 10.4 Å². The molecule has 262 valence electrons. The van der Waals surface area contributed by atoms with Gasteiger partial charge in [-0.05, 0) is 95.1 Å². The van der Waals surface area contributed by atoms with Gasteiger partial charge in [-0.2, -0.15) is 0 Å². The van der Waals surface area contributed by atoms with Crippen molar-refractivity contribution in [3.63, 3.8) is 0 Å². The summed E-state index contributed by atoms with van der Waals surface area (Å²) >= 11 is 1.71. The fraction of sp³-hybridized carbons (Fsp3) is 0.350. The van der Waals surface area contributed by atoms with Gasteiger partial charge in [-0.1, -0.05) is 69.3 Å². The van der Waals surface area contributed by atoms with Crippen LogP contribution >= 0.6 is 11.3 Å². The molecule has 4 amide bonds. The molecule has 5 rings (SSSR count). The number of rotatable bonds is 13. The zero-order chi connectivity index (χ0) is 35.8. The number of thiophene rings is 1. The topological polar surface area (TPSA) is 131 Å². The molecule has 9 nitrogen and oxygen atoms in total. The summed E-state index contributed by atoms with van der Waals surface area (Å²) in [6.07, 6.45) is 1.97. The van der Waals surface area contributed by atoms with Crippen LogP contribution in [0.3, 0.4) is 0 Å². The Morgan fingerprint density at radius 2 is 1.56 bits per heavy atom. The van der Waals surface area contributed by atoms with E-state index in [9.17, 15) is 19.2 Å². The minimum atomic E-state index is -0.776. The molecule has 1 fully saturated rings. The predicted molar refractivity (Wildman–Crippen MR) is 198 cm³/mol. The van der Waals surface area contributed by atoms with Crippen molar-refractivity contribution in [2.24, 2.45) is 11.1 Å². The van der Waals surface area contributed by atoms with Crippen molar-refractivity contribution in [1.29, 1.82) is 0 Å². The molecule has 1 aliphatic heterocycles. The number of nitrogens with one attached hydrogen (secondary N) is 2. The lowest BCUT2D eigenvalue weighted by Gasteiger charge is -2.35. The van der Waals surface area contributed by atoms with E-state index in [1.54, 1.807) is 28.4 Å². The Morgan fingerprint density at radius 3 is 2.16 bits per heavy atom. The number of nitrogens with two attached hydrogens (primary N) is 1. The maximum atomic E-state index is 13.9. The van der Waals surface area contributed by atoms with Gasteiger partial charge >= 0.3 is 0 Å². The lowest BCUT2D eigenvalue weighted by molar-refractivity contribution is -0.144. The minimum Gasteiger partial charge on any atom is -0.494 e. The molecule has 2 heterocycles. The molecular weight excluding hydrogens is 649 g/mol. The molecule has 0 radical (unpaired) electrons. The number of carbonyl (C=O) groups is 4. The molecule has 4 aromatic rings. The summed E-state index contributed by atoms with van der Waals surface area (Å²) in [5.41, 5.74) is 10.5. The molecule has 4 N–H and O–H groups in total. The molecule has 0 saturated carbocycles. The van der Waals surface area contributed by atoms with Crippen molar-refractivity contribution in [3.8, 4) is 27.3 Å². The van der Waals surface area contributed by atoms with E-state index in [0.717, 1.165) is 28.7 Å². The zero-order valence-corrected chi connectivity index (χ0v) is 30.0. The maximum absolute atomic E-state index is 13.9. The monoisotopic (exact) mass is 694 g/mol. The van der Waals surface area contributed by atoms with Crippen LogP contribution in [0, 0.1) is 12.3 Å². The minimum absolute atomic E-state index is 0.181. The van der Waals surface area contributed by atoms with Gasteiger partial charge in [0.15, 0.2) is 0 Å². The first-order chi connectivity index (χ1) is 23.9. The van der Waals surface area contributed by atoms with Crippen molar-refractivity contribution < 1.29 is 23.9 Å². The van der Waals surface area contributed by atoms with Crippen LogP contribution < -0.4 is 21.1 Å². The Balaban J connectivity index is 1.09. The van der Waals surface area contributed by atoms with Crippen molar-refractivity contribution in [3.05, 3.63) is 101 Å². The fourth-order valence-electron chi connectivity index (χ4n) is 6.09. The van der Waals surface area contributed by atoms with Crippen LogP contribution in [0.1, 0.15) is 67.9 Å². The number of likely N-dealkylation sites (tertiary alicyclic amines) is 1. The Kier molecular flexibility index (Phi) is 11.7. The van der Waals surface area contributed by atoms with E-state index < -0.39 is 23.4 Å². The van der Waals surface area contributed by atoms with E-state index in [4.69, 9.17) is 10.5 Å². The van der Waals surface area contributed by atoms with Gasteiger partial charge < -0.3 is 26.0 Å². The second-order valence-corrected chi connectivity index (χ2v) is 14.7. The van der Waals surface area contributed by atoms with Crippen molar-refractivity contribution in [2.75, 3.05) is 13.2 Å². The highest BCUT2D eigenvalue weighted by Gasteiger charge is 2.41. The van der Waals surface area contributed by atoms with E-state index in [2.05, 4.69) is 41.1 Å². The average Bonchev–Trinajstić information content (AvgIpc) is 3.77. The Morgan fingerprint density at radius 1 is 0.920 bits per heavy atom. The van der Waals surface area contributed by atoms with E-state index >= 15 is 0 Å². The van der Waals surface area contributed by atoms with Crippen LogP contribution in [-0.4, -0.2) is 53.8 Å². The largest absolute Gasteiger partial charge is 0.494 e. The molecule has 0 aliphatic carbocycles. The number of primary amides is 1. The van der Waals surface area contributed by atoms with E-state index in [0.29, 0.717) is 43.9 Å². The molecule has 0 unspecified atom stereocenters. The van der Waals surface area contributed by atoms with Gasteiger partial charge in [0.1, 0.15) is 17.8 Å². The van der Waals surface area contributed by atoms with Crippen LogP contribution in [0.5, 0.6) is 5.75 Å². The van der Waals surface area contributed by atoms with E-state index in [-0.39, 0.29) is 24.1 Å². The third-order valence-corrected chi connectivity index (χ3v) is 10.0. The Labute approximate surface area is 298 Å². The number of benzene rings is 3. The highest BCUT2D eigenvalue weighted by molar-refractivity contribution is 7.13. The Bertz CT molecular complexity index is 1790. The van der Waals surface area contributed by atoms with Crippen LogP contribution in [0.15, 0.2) is 84.2 Å². The summed E-state index contributed by atoms with van der Waals surface area (Å²) in [4.78, 5) is 54.4. The van der Waals surface area contributed by atoms with Gasteiger partial charge in [-0.25, -0.2) is 0 Å². The smallest absolute Gasteiger partial charge is 0.248 e. The zero-order valence-electron chi connectivity index (χ0n) is 29.2. The molecule has 1 aromatic heterocycles. The van der Waals surface area contributed by atoms with Gasteiger partial charge in [-0.3, -0.25) is 19.2 Å². The number of ether oxygens (including phenoxy) is 1. The van der Waals surface area contributed by atoms with Crippen molar-refractivity contribution in [2.45, 2.75) is 72.0 Å². The van der Waals surface area contributed by atoms with Gasteiger partial charge in [0.2, 0.25) is 23.6 Å². The van der Waals surface area contributed by atoms with Crippen LogP contribution in [0.2, 0.25) is 0 Å². The lowest BCUT2D eigenvalue weighted by atomic mass is 9.85. The third-order valence-electron chi connectivity index (χ3n) is 8.98. The number of hydrogen-bond acceptors (Lipinski definition) is 6. The summed E-state index contributed by atoms with van der Waals surface area (Å²) < 4.78 is 5.86. The molecular formula is C40H46N4O5S. The fourth-order valence-corrected chi connectivity index (χ4v) is 7.03. The number of hydrogen-bond donors (Lipinski definition) is 3. The molecule has 0 spiro atoms. The molecule has 1 aliphatic rings. The molecule has 0 bridgehead atoms.